The van der Waals surface area contributed by atoms with Gasteiger partial charge in [-0.05, 0) is 104 Å². The Balaban J connectivity index is 0.854. The predicted octanol–water partition coefficient (Wildman–Crippen LogP) is 5.82. The molecule has 5 aromatic carbocycles. The van der Waals surface area contributed by atoms with E-state index in [-0.39, 0.29) is 41.5 Å². The Morgan fingerprint density at radius 2 is 1.47 bits per heavy atom. The third kappa shape index (κ3) is 8.19. The van der Waals surface area contributed by atoms with Crippen LogP contribution < -0.4 is 31.6 Å². The Morgan fingerprint density at radius 1 is 0.838 bits per heavy atom. The molecule has 0 saturated heterocycles. The van der Waals surface area contributed by atoms with Gasteiger partial charge in [-0.1, -0.05) is 29.8 Å². The third-order valence-electron chi connectivity index (χ3n) is 12.0. The number of anilines is 2. The van der Waals surface area contributed by atoms with Crippen LogP contribution in [0.1, 0.15) is 87.1 Å². The van der Waals surface area contributed by atoms with Gasteiger partial charge in [0.05, 0.1) is 42.9 Å². The largest absolute Gasteiger partial charge is 0.497 e. The number of benzene rings is 5. The Bertz CT molecular complexity index is 3240. The van der Waals surface area contributed by atoms with Crippen molar-refractivity contribution in [2.45, 2.75) is 60.6 Å². The zero-order valence-corrected chi connectivity index (χ0v) is 38.7. The van der Waals surface area contributed by atoms with Crippen molar-refractivity contribution in [2.75, 3.05) is 31.7 Å². The molecule has 0 saturated carbocycles. The maximum absolute atomic E-state index is 13.4. The first-order chi connectivity index (χ1) is 32.4. The van der Waals surface area contributed by atoms with Gasteiger partial charge in [-0.15, -0.1) is 10.2 Å². The molecular formula is C46H43ClN8O11S2. The van der Waals surface area contributed by atoms with Crippen LogP contribution in [-0.2, 0) is 42.0 Å². The maximum Gasteiger partial charge on any atom is 0.300 e. The number of hydrogen-bond donors (Lipinski definition) is 6. The Kier molecular flexibility index (Phi) is 12.0. The predicted molar refractivity (Wildman–Crippen MR) is 249 cm³/mol. The normalized spacial score (nSPS) is 15.4. The number of amides is 2. The minimum absolute atomic E-state index is 0.0105. The maximum atomic E-state index is 13.4. The number of fused-ring (bicyclic) bond motifs is 9. The molecule has 68 heavy (non-hydrogen) atoms. The van der Waals surface area contributed by atoms with E-state index in [0.29, 0.717) is 71.6 Å². The lowest BCUT2D eigenvalue weighted by Crippen LogP contribution is -2.34. The summed E-state index contributed by atoms with van der Waals surface area (Å²) in [7, 11) is -8.55. The summed E-state index contributed by atoms with van der Waals surface area (Å²) in [6.07, 6.45) is 1.93. The van der Waals surface area contributed by atoms with Gasteiger partial charge in [-0.3, -0.25) is 28.3 Å². The number of nitrogens with one attached hydrogen (secondary N) is 2. The quantitative estimate of drug-likeness (QED) is 0.0451. The molecule has 0 aliphatic carbocycles. The molecule has 0 fully saturated rings. The first-order valence-electron chi connectivity index (χ1n) is 21.2. The molecule has 3 aliphatic heterocycles. The van der Waals surface area contributed by atoms with Gasteiger partial charge in [-0.25, -0.2) is 0 Å². The number of nitrogen functional groups attached to an aromatic ring is 2. The summed E-state index contributed by atoms with van der Waals surface area (Å²) in [5.74, 6) is 0.129. The van der Waals surface area contributed by atoms with E-state index < -0.39 is 64.5 Å². The van der Waals surface area contributed by atoms with Crippen molar-refractivity contribution in [3.05, 3.63) is 141 Å². The summed E-state index contributed by atoms with van der Waals surface area (Å²) in [5.41, 5.74) is 13.7. The standard InChI is InChI=1S/C46H43ClN8O11S2/c1-24-53-54-44-36(52-39(25-6-9-28(47)10-7-25)30-21-29(64-2)11-17-37(30)55(24)44)22-38(56)50-18-4-3-5-19-51-45(57)26-8-12-31-27(20-26)23-65-46(31)32-13-15-34(48)42(67(58,59)60)40(32)66-41-33(46)14-16-35(49)43(41)68(61,62)63/h6-17,20-21,36H,3-5,18-19,22-23,48-49H2,1-2H3,(H,50,56)(H,51,57)(H,58,59,60)(H,61,62,63). The summed E-state index contributed by atoms with van der Waals surface area (Å²) >= 11 is 6.23. The van der Waals surface area contributed by atoms with Crippen molar-refractivity contribution < 1.29 is 49.7 Å². The van der Waals surface area contributed by atoms with Crippen molar-refractivity contribution in [3.63, 3.8) is 0 Å². The highest BCUT2D eigenvalue weighted by molar-refractivity contribution is 7.86. The molecule has 9 rings (SSSR count). The fourth-order valence-corrected chi connectivity index (χ4v) is 10.6. The van der Waals surface area contributed by atoms with Gasteiger partial charge < -0.3 is 36.3 Å². The molecule has 8 N–H and O–H groups in total. The second-order valence-corrected chi connectivity index (χ2v) is 19.5. The number of nitrogens with two attached hydrogens (primary N) is 2. The van der Waals surface area contributed by atoms with Crippen LogP contribution in [0.15, 0.2) is 99.7 Å². The second-order valence-electron chi connectivity index (χ2n) is 16.3. The number of carbonyl (C=O) groups is 2. The van der Waals surface area contributed by atoms with E-state index in [0.717, 1.165) is 16.8 Å². The highest BCUT2D eigenvalue weighted by Crippen LogP contribution is 2.60. The van der Waals surface area contributed by atoms with Crippen molar-refractivity contribution >= 4 is 60.7 Å². The van der Waals surface area contributed by atoms with Crippen molar-refractivity contribution in [1.82, 2.24) is 25.4 Å². The van der Waals surface area contributed by atoms with Crippen LogP contribution in [0.2, 0.25) is 5.02 Å². The zero-order chi connectivity index (χ0) is 48.3. The SMILES string of the molecule is COc1ccc2c(c1)C(c1ccc(Cl)cc1)=NC(CC(=O)NCCCCCNC(=O)c1ccc3c(c1)COC31c3ccc(N)c(S(=O)(=O)O)c3Oc3c1ccc(N)c3S(=O)(=O)O)c1nnc(C)n1-2. The van der Waals surface area contributed by atoms with Gasteiger partial charge in [0.25, 0.3) is 26.1 Å². The monoisotopic (exact) mass is 982 g/mol. The van der Waals surface area contributed by atoms with Crippen LogP contribution in [0.4, 0.5) is 11.4 Å². The van der Waals surface area contributed by atoms with Crippen LogP contribution in [0.5, 0.6) is 17.2 Å². The molecule has 0 bridgehead atoms. The van der Waals surface area contributed by atoms with Crippen LogP contribution in [0.25, 0.3) is 5.69 Å². The number of halogens is 1. The summed E-state index contributed by atoms with van der Waals surface area (Å²) in [5, 5.41) is 15.3. The number of methoxy groups -OCH3 is 1. The van der Waals surface area contributed by atoms with Crippen LogP contribution in [0.3, 0.4) is 0 Å². The minimum Gasteiger partial charge on any atom is -0.497 e. The topological polar surface area (TPSA) is 290 Å². The number of hydrogen-bond acceptors (Lipinski definition) is 14. The molecule has 22 heteroatoms. The lowest BCUT2D eigenvalue weighted by Gasteiger charge is -2.38. The molecule has 1 aromatic heterocycles. The van der Waals surface area contributed by atoms with Gasteiger partial charge in [-0.2, -0.15) is 16.8 Å². The number of unbranched alkanes of at least 4 members (excludes halogenated alkanes) is 2. The van der Waals surface area contributed by atoms with Gasteiger partial charge in [0, 0.05) is 45.9 Å². The Morgan fingerprint density at radius 3 is 2.10 bits per heavy atom. The number of aliphatic imine (C=N–C) groups is 1. The lowest BCUT2D eigenvalue weighted by atomic mass is 9.77. The van der Waals surface area contributed by atoms with Crippen molar-refractivity contribution in [1.29, 1.82) is 0 Å². The molecule has 1 atom stereocenters. The second kappa shape index (κ2) is 17.6. The van der Waals surface area contributed by atoms with Crippen LogP contribution >= 0.6 is 11.6 Å². The summed E-state index contributed by atoms with van der Waals surface area (Å²) in [6.45, 7) is 2.43. The number of rotatable bonds is 13. The minimum atomic E-state index is -5.07. The molecule has 1 unspecified atom stereocenters. The average molecular weight is 983 g/mol. The molecule has 4 heterocycles. The van der Waals surface area contributed by atoms with E-state index in [1.807, 2.05) is 41.8 Å². The molecule has 1 spiro atoms. The first kappa shape index (κ1) is 46.2. The zero-order valence-electron chi connectivity index (χ0n) is 36.3. The van der Waals surface area contributed by atoms with E-state index in [2.05, 4.69) is 20.8 Å². The van der Waals surface area contributed by atoms with E-state index in [9.17, 15) is 35.5 Å². The van der Waals surface area contributed by atoms with Gasteiger partial charge in [0.1, 0.15) is 17.6 Å². The van der Waals surface area contributed by atoms with Crippen molar-refractivity contribution in [3.8, 4) is 22.9 Å². The number of aryl methyl sites for hydroxylation is 1. The molecule has 3 aliphatic rings. The average Bonchev–Trinajstić information content (AvgIpc) is 3.82. The smallest absolute Gasteiger partial charge is 0.300 e. The fraction of sp³-hybridized carbons (Fsp3) is 0.239. The van der Waals surface area contributed by atoms with Crippen LogP contribution in [-0.4, -0.2) is 78.4 Å². The highest BCUT2D eigenvalue weighted by Gasteiger charge is 2.52. The highest BCUT2D eigenvalue weighted by atomic mass is 35.5. The molecule has 352 valence electrons. The Hall–Kier alpha value is -6.88. The van der Waals surface area contributed by atoms with E-state index >= 15 is 0 Å². The van der Waals surface area contributed by atoms with E-state index in [1.54, 1.807) is 31.4 Å². The molecule has 6 aromatic rings. The van der Waals surface area contributed by atoms with E-state index in [4.69, 9.17) is 42.3 Å². The Labute approximate surface area is 395 Å². The van der Waals surface area contributed by atoms with Crippen molar-refractivity contribution in [2.24, 2.45) is 4.99 Å². The number of nitrogens with zero attached hydrogens (tertiary/aromatic N) is 4. The lowest BCUT2D eigenvalue weighted by molar-refractivity contribution is -0.121. The summed E-state index contributed by atoms with van der Waals surface area (Å²) in [4.78, 5) is 30.3. The first-order valence-corrected chi connectivity index (χ1v) is 24.4. The molecule has 2 amide bonds. The molecule has 0 radical (unpaired) electrons. The number of aromatic nitrogens is 3. The van der Waals surface area contributed by atoms with Gasteiger partial charge >= 0.3 is 0 Å². The third-order valence-corrected chi connectivity index (χ3v) is 14.2. The van der Waals surface area contributed by atoms with E-state index in [1.165, 1.54) is 30.3 Å². The fourth-order valence-electron chi connectivity index (χ4n) is 8.98. The number of ether oxygens (including phenoxy) is 3. The van der Waals surface area contributed by atoms with Gasteiger partial charge in [0.15, 0.2) is 32.7 Å². The van der Waals surface area contributed by atoms with Crippen LogP contribution in [0, 0.1) is 6.92 Å². The summed E-state index contributed by atoms with van der Waals surface area (Å²) < 4.78 is 90.7. The molecular weight excluding hydrogens is 940 g/mol. The molecule has 19 nitrogen and oxygen atoms in total. The van der Waals surface area contributed by atoms with Gasteiger partial charge in [0.2, 0.25) is 5.91 Å². The summed E-state index contributed by atoms with van der Waals surface area (Å²) in [6, 6.07) is 22.3. The number of carbonyl (C=O) groups excluding carboxylic acids is 2.